The smallest absolute Gasteiger partial charge is 0.255 e. The lowest BCUT2D eigenvalue weighted by atomic mass is 9.54. The van der Waals surface area contributed by atoms with Crippen LogP contribution in [0.2, 0.25) is 0 Å². The third-order valence-electron chi connectivity index (χ3n) is 7.37. The molecule has 0 saturated carbocycles. The lowest BCUT2D eigenvalue weighted by Crippen LogP contribution is -2.66. The fourth-order valence-electron chi connectivity index (χ4n) is 6.02. The van der Waals surface area contributed by atoms with Gasteiger partial charge in [-0.05, 0) is 32.6 Å². The highest BCUT2D eigenvalue weighted by Gasteiger charge is 2.67. The first-order valence-corrected chi connectivity index (χ1v) is 10.3. The van der Waals surface area contributed by atoms with E-state index in [0.29, 0.717) is 5.56 Å². The van der Waals surface area contributed by atoms with Gasteiger partial charge in [-0.2, -0.15) is 5.10 Å². The number of phenols is 1. The molecule has 0 aliphatic heterocycles. The molecule has 3 aliphatic carbocycles. The molecule has 11 nitrogen and oxygen atoms in total. The van der Waals surface area contributed by atoms with Gasteiger partial charge < -0.3 is 31.3 Å². The van der Waals surface area contributed by atoms with Gasteiger partial charge in [-0.1, -0.05) is 12.1 Å². The Kier molecular flexibility index (Phi) is 4.20. The molecule has 6 atom stereocenters. The molecule has 1 heterocycles. The zero-order chi connectivity index (χ0) is 24.2. The van der Waals surface area contributed by atoms with E-state index in [1.807, 2.05) is 0 Å². The van der Waals surface area contributed by atoms with Crippen LogP contribution < -0.4 is 5.73 Å². The highest BCUT2D eigenvalue weighted by Crippen LogP contribution is 2.62. The van der Waals surface area contributed by atoms with Crippen molar-refractivity contribution in [3.8, 4) is 17.0 Å². The summed E-state index contributed by atoms with van der Waals surface area (Å²) in [6, 6.07) is 3.30. The fraction of sp³-hybridized carbons (Fsp3) is 0.409. The van der Waals surface area contributed by atoms with Crippen LogP contribution >= 0.6 is 0 Å². The van der Waals surface area contributed by atoms with Crippen LogP contribution in [0.4, 0.5) is 0 Å². The number of nitrogens with two attached hydrogens (primary N) is 1. The van der Waals surface area contributed by atoms with Gasteiger partial charge in [0.25, 0.3) is 5.91 Å². The maximum absolute atomic E-state index is 13.2. The quantitative estimate of drug-likeness (QED) is 0.280. The van der Waals surface area contributed by atoms with E-state index < -0.39 is 58.2 Å². The number of nitrogens with one attached hydrogen (secondary N) is 1. The van der Waals surface area contributed by atoms with Crippen molar-refractivity contribution in [2.24, 2.45) is 11.7 Å². The Morgan fingerprint density at radius 2 is 1.91 bits per heavy atom. The summed E-state index contributed by atoms with van der Waals surface area (Å²) >= 11 is 0. The molecule has 5 rings (SSSR count). The van der Waals surface area contributed by atoms with E-state index in [9.17, 15) is 35.1 Å². The molecular formula is C22H24N4O7. The Bertz CT molecular complexity index is 1260. The zero-order valence-corrected chi connectivity index (χ0v) is 18.1. The van der Waals surface area contributed by atoms with Crippen molar-refractivity contribution in [2.75, 3.05) is 14.1 Å². The van der Waals surface area contributed by atoms with E-state index in [1.165, 1.54) is 32.0 Å². The largest absolute Gasteiger partial charge is 0.508 e. The Morgan fingerprint density at radius 1 is 1.24 bits per heavy atom. The minimum Gasteiger partial charge on any atom is -0.508 e. The number of hydrogen-bond donors (Lipinski definition) is 7. The van der Waals surface area contributed by atoms with E-state index in [0.717, 1.165) is 0 Å². The number of primary amides is 1. The van der Waals surface area contributed by atoms with Gasteiger partial charge in [0.2, 0.25) is 0 Å². The second-order valence-electron chi connectivity index (χ2n) is 9.33. The number of benzene rings is 1. The van der Waals surface area contributed by atoms with Crippen molar-refractivity contribution in [1.29, 1.82) is 0 Å². The molecule has 0 spiro atoms. The van der Waals surface area contributed by atoms with Gasteiger partial charge in [-0.15, -0.1) is 0 Å². The zero-order valence-electron chi connectivity index (χ0n) is 18.1. The van der Waals surface area contributed by atoms with Crippen LogP contribution in [0.1, 0.15) is 29.7 Å². The number of ketones is 1. The van der Waals surface area contributed by atoms with Gasteiger partial charge in [-0.25, -0.2) is 0 Å². The van der Waals surface area contributed by atoms with Crippen molar-refractivity contribution in [3.05, 3.63) is 46.4 Å². The van der Waals surface area contributed by atoms with Crippen LogP contribution in [0.25, 0.3) is 11.3 Å². The predicted octanol–water partition coefficient (Wildman–Crippen LogP) is -0.924. The van der Waals surface area contributed by atoms with Crippen molar-refractivity contribution in [2.45, 2.75) is 36.2 Å². The number of carbonyl (C=O) groups is 2. The molecule has 2 aromatic rings. The summed E-state index contributed by atoms with van der Waals surface area (Å²) in [6.45, 7) is 1.46. The first-order chi connectivity index (χ1) is 15.4. The minimum absolute atomic E-state index is 0.0948. The number of aliphatic hydroxyl groups is 4. The van der Waals surface area contributed by atoms with Crippen molar-refractivity contribution in [1.82, 2.24) is 15.1 Å². The van der Waals surface area contributed by atoms with Gasteiger partial charge in [0.05, 0.1) is 34.9 Å². The summed E-state index contributed by atoms with van der Waals surface area (Å²) in [5.41, 5.74) is 1.18. The standard InChI is InChI=1S/C22H24N4O7/c1-21(32)7-5-4-6-8(27)9(7)14-10-12(21)17(29)13-15(26(2)3)16(28)11(20(23)31)19(30)22(13,33)18(10)25-24-14/h4-6,12-13,15,17,27,29-30,32-33H,1-3H3,(H2,23,31)(H,24,25)/t12-,13-,15+,17+,21-,22+/m1/s1. The molecule has 1 amide bonds. The van der Waals surface area contributed by atoms with Gasteiger partial charge >= 0.3 is 0 Å². The Balaban J connectivity index is 1.91. The monoisotopic (exact) mass is 456 g/mol. The van der Waals surface area contributed by atoms with Gasteiger partial charge in [0.1, 0.15) is 22.8 Å². The number of fused-ring (bicyclic) bond motifs is 4. The van der Waals surface area contributed by atoms with Gasteiger partial charge in [0, 0.05) is 11.5 Å². The SMILES string of the molecule is CN(C)[C@@H]1C(=O)C(C(N)=O)=C(O)[C@@]2(O)c3[nH]nc4c3[C@H]([C@H](O)[C@@H]12)[C@](C)(O)c1cccc(O)c1-4. The summed E-state index contributed by atoms with van der Waals surface area (Å²) in [4.78, 5) is 26.7. The Morgan fingerprint density at radius 3 is 2.52 bits per heavy atom. The predicted molar refractivity (Wildman–Crippen MR) is 113 cm³/mol. The lowest BCUT2D eigenvalue weighted by molar-refractivity contribution is -0.165. The third-order valence-corrected chi connectivity index (χ3v) is 7.37. The van der Waals surface area contributed by atoms with E-state index >= 15 is 0 Å². The summed E-state index contributed by atoms with van der Waals surface area (Å²) in [5, 5.41) is 63.6. The number of amides is 1. The molecule has 0 saturated heterocycles. The number of H-pyrrole nitrogens is 1. The highest BCUT2D eigenvalue weighted by atomic mass is 16.3. The first kappa shape index (κ1) is 21.6. The number of hydrogen-bond acceptors (Lipinski definition) is 9. The van der Waals surface area contributed by atoms with E-state index in [-0.39, 0.29) is 28.3 Å². The summed E-state index contributed by atoms with van der Waals surface area (Å²) in [6.07, 6.45) is -1.57. The number of likely N-dealkylation sites (N-methyl/N-ethyl adjacent to an activating group) is 1. The molecule has 1 aromatic heterocycles. The van der Waals surface area contributed by atoms with E-state index in [4.69, 9.17) is 5.73 Å². The number of aliphatic hydroxyl groups excluding tert-OH is 2. The van der Waals surface area contributed by atoms with Crippen molar-refractivity contribution >= 4 is 11.7 Å². The van der Waals surface area contributed by atoms with Crippen molar-refractivity contribution < 1.29 is 35.1 Å². The minimum atomic E-state index is -2.44. The molecule has 0 unspecified atom stereocenters. The molecule has 0 bridgehead atoms. The second-order valence-corrected chi connectivity index (χ2v) is 9.33. The summed E-state index contributed by atoms with van der Waals surface area (Å²) < 4.78 is 0. The number of Topliss-reactive ketones (excluding diaryl/α,β-unsaturated/α-hetero) is 1. The number of nitrogens with zero attached hydrogens (tertiary/aromatic N) is 2. The molecular weight excluding hydrogens is 432 g/mol. The average Bonchev–Trinajstić information content (AvgIpc) is 3.14. The number of rotatable bonds is 2. The molecule has 11 heteroatoms. The fourth-order valence-corrected chi connectivity index (χ4v) is 6.02. The molecule has 0 fully saturated rings. The number of aromatic amines is 1. The van der Waals surface area contributed by atoms with Crippen LogP contribution in [0.3, 0.4) is 0 Å². The molecule has 0 radical (unpaired) electrons. The molecule has 1 aromatic carbocycles. The maximum Gasteiger partial charge on any atom is 0.255 e. The van der Waals surface area contributed by atoms with E-state index in [1.54, 1.807) is 12.1 Å². The Hall–Kier alpha value is -3.25. The maximum atomic E-state index is 13.2. The average molecular weight is 456 g/mol. The second kappa shape index (κ2) is 6.41. The topological polar surface area (TPSA) is 193 Å². The molecule has 8 N–H and O–H groups in total. The normalized spacial score (nSPS) is 34.7. The van der Waals surface area contributed by atoms with E-state index in [2.05, 4.69) is 10.2 Å². The van der Waals surface area contributed by atoms with Crippen LogP contribution in [0, 0.1) is 5.92 Å². The van der Waals surface area contributed by atoms with Crippen LogP contribution in [-0.2, 0) is 20.8 Å². The lowest BCUT2D eigenvalue weighted by Gasteiger charge is -2.54. The van der Waals surface area contributed by atoms with Crippen LogP contribution in [0.5, 0.6) is 5.75 Å². The van der Waals surface area contributed by atoms with Crippen molar-refractivity contribution in [3.63, 3.8) is 0 Å². The number of aromatic nitrogens is 2. The summed E-state index contributed by atoms with van der Waals surface area (Å²) in [5.74, 6) is -5.72. The summed E-state index contributed by atoms with van der Waals surface area (Å²) in [7, 11) is 3.05. The number of aromatic hydroxyl groups is 1. The highest BCUT2D eigenvalue weighted by molar-refractivity contribution is 6.22. The first-order valence-electron chi connectivity index (χ1n) is 10.3. The van der Waals surface area contributed by atoms with Gasteiger partial charge in [-0.3, -0.25) is 19.6 Å². The molecule has 3 aliphatic rings. The Labute approximate surface area is 187 Å². The van der Waals surface area contributed by atoms with Gasteiger partial charge in [0.15, 0.2) is 11.4 Å². The van der Waals surface area contributed by atoms with Crippen LogP contribution in [0.15, 0.2) is 29.5 Å². The molecule has 174 valence electrons. The third kappa shape index (κ3) is 2.34. The van der Waals surface area contributed by atoms with Crippen LogP contribution in [-0.4, -0.2) is 78.6 Å². The molecule has 33 heavy (non-hydrogen) atoms. The number of carbonyl (C=O) groups excluding carboxylic acids is 2. The number of phenolic OH excluding ortho intramolecular Hbond substituents is 1.